The first-order valence-electron chi connectivity index (χ1n) is 10.0. The Morgan fingerprint density at radius 3 is 2.56 bits per heavy atom. The number of phenols is 1. The van der Waals surface area contributed by atoms with Gasteiger partial charge in [0.1, 0.15) is 11.6 Å². The van der Waals surface area contributed by atoms with E-state index in [4.69, 9.17) is 14.2 Å². The zero-order chi connectivity index (χ0) is 22.5. The molecule has 0 bridgehead atoms. The van der Waals surface area contributed by atoms with Crippen molar-refractivity contribution in [3.63, 3.8) is 0 Å². The zero-order valence-electron chi connectivity index (χ0n) is 17.8. The van der Waals surface area contributed by atoms with Gasteiger partial charge in [-0.2, -0.15) is 0 Å². The number of pyridine rings is 2. The maximum atomic E-state index is 10.6. The highest BCUT2D eigenvalue weighted by atomic mass is 16.5. The topological polar surface area (TPSA) is 112 Å². The van der Waals surface area contributed by atoms with Gasteiger partial charge in [0, 0.05) is 24.9 Å². The molecule has 3 aromatic heterocycles. The van der Waals surface area contributed by atoms with E-state index in [1.165, 1.54) is 7.11 Å². The van der Waals surface area contributed by atoms with Gasteiger partial charge in [-0.1, -0.05) is 6.07 Å². The average Bonchev–Trinajstić information content (AvgIpc) is 3.23. The molecule has 0 aliphatic carbocycles. The number of phenolic OH excluding ortho intramolecular Hbond substituents is 1. The van der Waals surface area contributed by atoms with Crippen LogP contribution in [0.2, 0.25) is 0 Å². The predicted octanol–water partition coefficient (Wildman–Crippen LogP) is 2.58. The minimum atomic E-state index is -0.591. The van der Waals surface area contributed by atoms with Crippen LogP contribution in [-0.2, 0) is 13.0 Å². The van der Waals surface area contributed by atoms with Gasteiger partial charge in [-0.15, -0.1) is 0 Å². The molecule has 166 valence electrons. The van der Waals surface area contributed by atoms with Gasteiger partial charge >= 0.3 is 0 Å². The number of ether oxygens (including phenoxy) is 3. The highest BCUT2D eigenvalue weighted by Crippen LogP contribution is 2.38. The maximum Gasteiger partial charge on any atom is 0.212 e. The molecule has 0 aliphatic rings. The van der Waals surface area contributed by atoms with E-state index in [1.54, 1.807) is 44.0 Å². The molecule has 0 spiro atoms. The molecule has 2 N–H and O–H groups in total. The number of aromatic nitrogens is 4. The summed E-state index contributed by atoms with van der Waals surface area (Å²) in [6.45, 7) is 0.209. The van der Waals surface area contributed by atoms with Gasteiger partial charge in [0.25, 0.3) is 0 Å². The Labute approximate surface area is 184 Å². The first-order chi connectivity index (χ1) is 15.6. The molecule has 3 heterocycles. The van der Waals surface area contributed by atoms with E-state index < -0.39 is 6.10 Å². The standard InChI is InChI=1S/C23H24N4O5/c1-30-19-9-16(12-27-14-26-18-4-3-7-24-23(18)27)10-20(22(19)29)32-17(13-28)8-15-5-6-21(31-2)25-11-15/h3-7,9-11,14,17,28-29H,8,12-13H2,1-2H3/t17-/m0/s1. The Morgan fingerprint density at radius 1 is 1.00 bits per heavy atom. The number of benzene rings is 1. The summed E-state index contributed by atoms with van der Waals surface area (Å²) in [6.07, 6.45) is 4.90. The molecule has 0 radical (unpaired) electrons. The molecule has 0 aliphatic heterocycles. The van der Waals surface area contributed by atoms with Gasteiger partial charge < -0.3 is 29.0 Å². The Hall–Kier alpha value is -3.85. The summed E-state index contributed by atoms with van der Waals surface area (Å²) in [6, 6.07) is 10.8. The lowest BCUT2D eigenvalue weighted by Gasteiger charge is -2.20. The number of fused-ring (bicyclic) bond motifs is 1. The third-order valence-electron chi connectivity index (χ3n) is 5.01. The third-order valence-corrected chi connectivity index (χ3v) is 5.01. The molecule has 0 unspecified atom stereocenters. The Bertz CT molecular complexity index is 1190. The number of aliphatic hydroxyl groups excluding tert-OH is 1. The second-order valence-electron chi connectivity index (χ2n) is 7.20. The summed E-state index contributed by atoms with van der Waals surface area (Å²) in [4.78, 5) is 12.9. The predicted molar refractivity (Wildman–Crippen MR) is 117 cm³/mol. The largest absolute Gasteiger partial charge is 0.502 e. The molecule has 0 fully saturated rings. The van der Waals surface area contributed by atoms with Crippen molar-refractivity contribution in [2.75, 3.05) is 20.8 Å². The number of hydrogen-bond acceptors (Lipinski definition) is 8. The number of aromatic hydroxyl groups is 1. The van der Waals surface area contributed by atoms with Crippen LogP contribution < -0.4 is 14.2 Å². The molecule has 9 nitrogen and oxygen atoms in total. The highest BCUT2D eigenvalue weighted by Gasteiger charge is 2.18. The minimum absolute atomic E-state index is 0.129. The fourth-order valence-electron chi connectivity index (χ4n) is 3.42. The van der Waals surface area contributed by atoms with E-state index in [0.717, 1.165) is 22.3 Å². The van der Waals surface area contributed by atoms with Crippen LogP contribution >= 0.6 is 0 Å². The molecule has 4 aromatic rings. The molecule has 9 heteroatoms. The van der Waals surface area contributed by atoms with Gasteiger partial charge in [-0.3, -0.25) is 0 Å². The summed E-state index contributed by atoms with van der Waals surface area (Å²) in [7, 11) is 3.02. The second kappa shape index (κ2) is 9.52. The van der Waals surface area contributed by atoms with Crippen molar-refractivity contribution < 1.29 is 24.4 Å². The molecule has 0 amide bonds. The van der Waals surface area contributed by atoms with Crippen LogP contribution in [0.5, 0.6) is 23.1 Å². The van der Waals surface area contributed by atoms with Gasteiger partial charge in [-0.05, 0) is 35.4 Å². The number of methoxy groups -OCH3 is 2. The van der Waals surface area contributed by atoms with Gasteiger partial charge in [0.05, 0.1) is 33.7 Å². The molecular weight excluding hydrogens is 412 g/mol. The van der Waals surface area contributed by atoms with Crippen LogP contribution in [0, 0.1) is 0 Å². The Morgan fingerprint density at radius 2 is 1.84 bits per heavy atom. The Balaban J connectivity index is 1.58. The average molecular weight is 436 g/mol. The molecular formula is C23H24N4O5. The highest BCUT2D eigenvalue weighted by molar-refractivity contribution is 5.70. The van der Waals surface area contributed by atoms with Crippen LogP contribution in [0.15, 0.2) is 55.1 Å². The molecule has 4 rings (SSSR count). The van der Waals surface area contributed by atoms with E-state index in [9.17, 15) is 10.2 Å². The zero-order valence-corrected chi connectivity index (χ0v) is 17.8. The molecule has 0 saturated heterocycles. The van der Waals surface area contributed by atoms with Crippen molar-refractivity contribution in [3.8, 4) is 23.1 Å². The summed E-state index contributed by atoms with van der Waals surface area (Å²) in [5.41, 5.74) is 3.23. The minimum Gasteiger partial charge on any atom is -0.502 e. The number of nitrogens with zero attached hydrogens (tertiary/aromatic N) is 4. The van der Waals surface area contributed by atoms with Gasteiger partial charge in [-0.25, -0.2) is 15.0 Å². The van der Waals surface area contributed by atoms with Crippen LogP contribution in [0.3, 0.4) is 0 Å². The summed E-state index contributed by atoms with van der Waals surface area (Å²) in [5.74, 6) is 0.873. The van der Waals surface area contributed by atoms with Crippen molar-refractivity contribution >= 4 is 11.2 Å². The Kier molecular flexibility index (Phi) is 6.37. The van der Waals surface area contributed by atoms with Gasteiger partial charge in [0.2, 0.25) is 11.6 Å². The van der Waals surface area contributed by atoms with Crippen molar-refractivity contribution in [3.05, 3.63) is 66.2 Å². The van der Waals surface area contributed by atoms with Gasteiger partial charge in [0.15, 0.2) is 17.1 Å². The number of hydrogen-bond donors (Lipinski definition) is 2. The SMILES string of the molecule is COc1ccc(C[C@@H](CO)Oc2cc(Cn3cnc4cccnc43)cc(OC)c2O)cn1. The fraction of sp³-hybridized carbons (Fsp3) is 0.261. The third kappa shape index (κ3) is 4.57. The number of imidazole rings is 1. The summed E-state index contributed by atoms with van der Waals surface area (Å²) >= 11 is 0. The number of rotatable bonds is 9. The van der Waals surface area contributed by atoms with E-state index in [2.05, 4.69) is 15.0 Å². The van der Waals surface area contributed by atoms with Crippen molar-refractivity contribution in [2.24, 2.45) is 0 Å². The van der Waals surface area contributed by atoms with Crippen LogP contribution in [0.25, 0.3) is 11.2 Å². The lowest BCUT2D eigenvalue weighted by Crippen LogP contribution is -2.24. The smallest absolute Gasteiger partial charge is 0.212 e. The van der Waals surface area contributed by atoms with E-state index in [1.807, 2.05) is 22.8 Å². The van der Waals surface area contributed by atoms with E-state index in [-0.39, 0.29) is 23.9 Å². The van der Waals surface area contributed by atoms with Crippen molar-refractivity contribution in [2.45, 2.75) is 19.1 Å². The van der Waals surface area contributed by atoms with Crippen LogP contribution in [0.1, 0.15) is 11.1 Å². The maximum absolute atomic E-state index is 10.6. The lowest BCUT2D eigenvalue weighted by atomic mass is 10.1. The summed E-state index contributed by atoms with van der Waals surface area (Å²) in [5, 5.41) is 20.5. The molecule has 1 atom stereocenters. The van der Waals surface area contributed by atoms with Crippen molar-refractivity contribution in [1.29, 1.82) is 0 Å². The van der Waals surface area contributed by atoms with E-state index >= 15 is 0 Å². The normalized spacial score (nSPS) is 12.0. The van der Waals surface area contributed by atoms with E-state index in [0.29, 0.717) is 18.8 Å². The lowest BCUT2D eigenvalue weighted by molar-refractivity contribution is 0.112. The first-order valence-corrected chi connectivity index (χ1v) is 10.0. The second-order valence-corrected chi connectivity index (χ2v) is 7.20. The van der Waals surface area contributed by atoms with Crippen LogP contribution in [0.4, 0.5) is 0 Å². The van der Waals surface area contributed by atoms with Crippen molar-refractivity contribution in [1.82, 2.24) is 19.5 Å². The monoisotopic (exact) mass is 436 g/mol. The molecule has 1 aromatic carbocycles. The number of aliphatic hydroxyl groups is 1. The molecule has 0 saturated carbocycles. The molecule has 32 heavy (non-hydrogen) atoms. The fourth-order valence-corrected chi connectivity index (χ4v) is 3.42. The first kappa shape index (κ1) is 21.4. The quantitative estimate of drug-likeness (QED) is 0.412. The summed E-state index contributed by atoms with van der Waals surface area (Å²) < 4.78 is 18.3. The van der Waals surface area contributed by atoms with Crippen LogP contribution in [-0.4, -0.2) is 56.7 Å².